The van der Waals surface area contributed by atoms with Gasteiger partial charge in [0.1, 0.15) is 0 Å². The normalized spacial score (nSPS) is 12.1. The molecule has 2 aromatic carbocycles. The van der Waals surface area contributed by atoms with E-state index in [4.69, 9.17) is 4.52 Å². The van der Waals surface area contributed by atoms with Crippen molar-refractivity contribution < 1.29 is 14.2 Å². The molecule has 1 atom stereocenters. The first-order valence-electron chi connectivity index (χ1n) is 6.47. The molecule has 0 fully saturated rings. The second-order valence-electron chi connectivity index (χ2n) is 4.37. The monoisotopic (exact) mass is 288 g/mol. The van der Waals surface area contributed by atoms with E-state index in [-0.39, 0.29) is 5.78 Å². The zero-order chi connectivity index (χ0) is 14.2. The van der Waals surface area contributed by atoms with Crippen molar-refractivity contribution in [1.82, 2.24) is 0 Å². The zero-order valence-electron chi connectivity index (χ0n) is 11.1. The lowest BCUT2D eigenvalue weighted by molar-refractivity contribution is 0.0987. The second-order valence-corrected chi connectivity index (χ2v) is 5.78. The molecule has 0 spiro atoms. The number of carbonyl (C=O) groups is 1. The van der Waals surface area contributed by atoms with E-state index in [1.54, 1.807) is 12.1 Å². The summed E-state index contributed by atoms with van der Waals surface area (Å²) in [4.78, 5) is 21.7. The van der Waals surface area contributed by atoms with Crippen LogP contribution in [0.15, 0.2) is 60.7 Å². The topological polar surface area (TPSA) is 46.5 Å². The lowest BCUT2D eigenvalue weighted by Crippen LogP contribution is -2.02. The van der Waals surface area contributed by atoms with Crippen LogP contribution in [0.3, 0.4) is 0 Å². The third-order valence-corrected chi connectivity index (χ3v) is 3.88. The fraction of sp³-hybridized carbons (Fsp3) is 0.188. The minimum atomic E-state index is -1.55. The van der Waals surface area contributed by atoms with E-state index in [2.05, 4.69) is 0 Å². The molecule has 0 aliphatic heterocycles. The fourth-order valence-electron chi connectivity index (χ4n) is 1.75. The molecule has 20 heavy (non-hydrogen) atoms. The maximum Gasteiger partial charge on any atom is 0.168 e. The van der Waals surface area contributed by atoms with E-state index in [0.29, 0.717) is 24.8 Å². The van der Waals surface area contributed by atoms with Gasteiger partial charge in [-0.2, -0.15) is 0 Å². The molecule has 0 radical (unpaired) electrons. The van der Waals surface area contributed by atoms with E-state index in [1.807, 2.05) is 48.5 Å². The highest BCUT2D eigenvalue weighted by atomic mass is 31.2. The first kappa shape index (κ1) is 14.9. The third-order valence-electron chi connectivity index (χ3n) is 2.85. The highest BCUT2D eigenvalue weighted by Crippen LogP contribution is 2.33. The standard InChI is InChI=1S/C16H17O3P/c17-16(15-9-5-2-6-10-15)11-12-20(18)19-13-14-7-3-1-4-8-14/h1-10,18H,11-13H2. The first-order valence-corrected chi connectivity index (χ1v) is 7.87. The van der Waals surface area contributed by atoms with Crippen LogP contribution in [-0.4, -0.2) is 16.8 Å². The number of carbonyl (C=O) groups excluding carboxylic acids is 1. The molecule has 0 heterocycles. The average molecular weight is 288 g/mol. The minimum absolute atomic E-state index is 0.0375. The molecule has 0 aromatic heterocycles. The van der Waals surface area contributed by atoms with Gasteiger partial charge in [0.15, 0.2) is 14.2 Å². The van der Waals surface area contributed by atoms with Gasteiger partial charge < -0.3 is 9.42 Å². The maximum atomic E-state index is 11.9. The van der Waals surface area contributed by atoms with Crippen LogP contribution in [0, 0.1) is 0 Å². The van der Waals surface area contributed by atoms with Gasteiger partial charge in [0, 0.05) is 18.1 Å². The van der Waals surface area contributed by atoms with Crippen LogP contribution >= 0.6 is 8.38 Å². The molecule has 0 aliphatic carbocycles. The SMILES string of the molecule is O=C(CCP(O)OCc1ccccc1)c1ccccc1. The number of rotatable bonds is 7. The molecule has 0 saturated carbocycles. The van der Waals surface area contributed by atoms with Gasteiger partial charge in [0.25, 0.3) is 0 Å². The number of Topliss-reactive ketones (excluding diaryl/α,β-unsaturated/α-hetero) is 1. The average Bonchev–Trinajstić information content (AvgIpc) is 2.52. The molecule has 104 valence electrons. The van der Waals surface area contributed by atoms with Crippen LogP contribution in [-0.2, 0) is 11.1 Å². The van der Waals surface area contributed by atoms with Gasteiger partial charge in [-0.1, -0.05) is 60.7 Å². The van der Waals surface area contributed by atoms with Crippen LogP contribution in [0.1, 0.15) is 22.3 Å². The highest BCUT2D eigenvalue weighted by Gasteiger charge is 2.11. The fourth-order valence-corrected chi connectivity index (χ4v) is 2.57. The molecule has 4 heteroatoms. The number of benzene rings is 2. The lowest BCUT2D eigenvalue weighted by atomic mass is 10.1. The molecule has 0 bridgehead atoms. The lowest BCUT2D eigenvalue weighted by Gasteiger charge is -2.10. The quantitative estimate of drug-likeness (QED) is 0.623. The molecular weight excluding hydrogens is 271 g/mol. The zero-order valence-corrected chi connectivity index (χ0v) is 12.0. The van der Waals surface area contributed by atoms with Gasteiger partial charge in [-0.15, -0.1) is 0 Å². The first-order chi connectivity index (χ1) is 9.75. The summed E-state index contributed by atoms with van der Waals surface area (Å²) in [6.07, 6.45) is 0.677. The van der Waals surface area contributed by atoms with Gasteiger partial charge >= 0.3 is 0 Å². The Kier molecular flexibility index (Phi) is 5.87. The molecule has 0 saturated heterocycles. The summed E-state index contributed by atoms with van der Waals surface area (Å²) in [5.41, 5.74) is 1.70. The Morgan fingerprint density at radius 3 is 2.25 bits per heavy atom. The van der Waals surface area contributed by atoms with Crippen LogP contribution in [0.2, 0.25) is 0 Å². The Hall–Kier alpha value is -1.54. The van der Waals surface area contributed by atoms with Gasteiger partial charge in [-0.25, -0.2) is 0 Å². The Bertz CT molecular complexity index is 528. The number of hydrogen-bond acceptors (Lipinski definition) is 3. The van der Waals surface area contributed by atoms with Gasteiger partial charge in [-0.3, -0.25) is 4.79 Å². The summed E-state index contributed by atoms with van der Waals surface area (Å²) in [5, 5.41) is 0. The predicted molar refractivity (Wildman–Crippen MR) is 80.6 cm³/mol. The van der Waals surface area contributed by atoms with Gasteiger partial charge in [0.05, 0.1) is 6.61 Å². The van der Waals surface area contributed by atoms with Crippen molar-refractivity contribution in [3.05, 3.63) is 71.8 Å². The van der Waals surface area contributed by atoms with E-state index in [1.165, 1.54) is 0 Å². The summed E-state index contributed by atoms with van der Waals surface area (Å²) < 4.78 is 5.38. The summed E-state index contributed by atoms with van der Waals surface area (Å²) >= 11 is 0. The summed E-state index contributed by atoms with van der Waals surface area (Å²) in [6, 6.07) is 18.8. The molecule has 2 aromatic rings. The van der Waals surface area contributed by atoms with Crippen molar-refractivity contribution in [1.29, 1.82) is 0 Å². The van der Waals surface area contributed by atoms with Crippen LogP contribution in [0.25, 0.3) is 0 Å². The van der Waals surface area contributed by atoms with E-state index >= 15 is 0 Å². The number of hydrogen-bond donors (Lipinski definition) is 1. The molecule has 0 amide bonds. The minimum Gasteiger partial charge on any atom is -0.350 e. The van der Waals surface area contributed by atoms with Crippen molar-refractivity contribution in [3.63, 3.8) is 0 Å². The highest BCUT2D eigenvalue weighted by molar-refractivity contribution is 7.46. The summed E-state index contributed by atoms with van der Waals surface area (Å²) in [7, 11) is -1.55. The summed E-state index contributed by atoms with van der Waals surface area (Å²) in [6.45, 7) is 0.378. The number of ketones is 1. The second kappa shape index (κ2) is 7.91. The Morgan fingerprint density at radius 2 is 1.60 bits per heavy atom. The predicted octanol–water partition coefficient (Wildman–Crippen LogP) is 3.78. The van der Waals surface area contributed by atoms with E-state index in [9.17, 15) is 9.69 Å². The van der Waals surface area contributed by atoms with Gasteiger partial charge in [-0.05, 0) is 5.56 Å². The van der Waals surface area contributed by atoms with E-state index < -0.39 is 8.38 Å². The molecule has 0 aliphatic rings. The molecule has 3 nitrogen and oxygen atoms in total. The summed E-state index contributed by atoms with van der Waals surface area (Å²) in [5.74, 6) is 0.0375. The smallest absolute Gasteiger partial charge is 0.168 e. The Labute approximate surface area is 120 Å². The molecule has 2 rings (SSSR count). The van der Waals surface area contributed by atoms with Crippen molar-refractivity contribution >= 4 is 14.2 Å². The van der Waals surface area contributed by atoms with Crippen molar-refractivity contribution in [2.45, 2.75) is 13.0 Å². The van der Waals surface area contributed by atoms with Gasteiger partial charge in [0.2, 0.25) is 0 Å². The van der Waals surface area contributed by atoms with Crippen molar-refractivity contribution in [3.8, 4) is 0 Å². The molecule has 1 unspecified atom stereocenters. The molecular formula is C16H17O3P. The van der Waals surface area contributed by atoms with Crippen molar-refractivity contribution in [2.24, 2.45) is 0 Å². The Balaban J connectivity index is 1.73. The Morgan fingerprint density at radius 1 is 1.00 bits per heavy atom. The maximum absolute atomic E-state index is 11.9. The van der Waals surface area contributed by atoms with Crippen molar-refractivity contribution in [2.75, 3.05) is 6.16 Å². The largest absolute Gasteiger partial charge is 0.350 e. The van der Waals surface area contributed by atoms with E-state index in [0.717, 1.165) is 5.56 Å². The van der Waals surface area contributed by atoms with Crippen LogP contribution < -0.4 is 0 Å². The van der Waals surface area contributed by atoms with Crippen LogP contribution in [0.5, 0.6) is 0 Å². The van der Waals surface area contributed by atoms with Crippen LogP contribution in [0.4, 0.5) is 0 Å². The third kappa shape index (κ3) is 4.86. The molecule has 1 N–H and O–H groups in total.